The van der Waals surface area contributed by atoms with Crippen molar-refractivity contribution in [1.82, 2.24) is 0 Å². The average molecular weight is 254 g/mol. The van der Waals surface area contributed by atoms with Crippen molar-refractivity contribution in [3.63, 3.8) is 0 Å². The summed E-state index contributed by atoms with van der Waals surface area (Å²) in [5.74, 6) is 0.951. The van der Waals surface area contributed by atoms with Crippen LogP contribution in [0.15, 0.2) is 42.5 Å². The third-order valence-corrected chi connectivity index (χ3v) is 3.68. The second-order valence-electron chi connectivity index (χ2n) is 5.05. The molecule has 2 heteroatoms. The first-order valence-electron chi connectivity index (χ1n) is 6.78. The highest BCUT2D eigenvalue weighted by Gasteiger charge is 2.11. The van der Waals surface area contributed by atoms with Crippen molar-refractivity contribution in [3.05, 3.63) is 64.7 Å². The van der Waals surface area contributed by atoms with Gasteiger partial charge in [0, 0.05) is 0 Å². The SMILES string of the molecule is OCc1ccc(COc2ccc3c(c2)CCC3)cc1. The first-order chi connectivity index (χ1) is 9.35. The number of hydrogen-bond donors (Lipinski definition) is 1. The first-order valence-corrected chi connectivity index (χ1v) is 6.78. The van der Waals surface area contributed by atoms with Crippen molar-refractivity contribution in [2.45, 2.75) is 32.5 Å². The fourth-order valence-corrected chi connectivity index (χ4v) is 2.55. The van der Waals surface area contributed by atoms with E-state index >= 15 is 0 Å². The number of benzene rings is 2. The summed E-state index contributed by atoms with van der Waals surface area (Å²) >= 11 is 0. The molecule has 98 valence electrons. The normalized spacial score (nSPS) is 13.3. The van der Waals surface area contributed by atoms with Crippen molar-refractivity contribution >= 4 is 0 Å². The Morgan fingerprint density at radius 1 is 0.895 bits per heavy atom. The van der Waals surface area contributed by atoms with Gasteiger partial charge in [0.1, 0.15) is 12.4 Å². The smallest absolute Gasteiger partial charge is 0.120 e. The third kappa shape index (κ3) is 2.79. The van der Waals surface area contributed by atoms with Crippen LogP contribution >= 0.6 is 0 Å². The molecule has 2 aromatic carbocycles. The topological polar surface area (TPSA) is 29.5 Å². The molecule has 1 aliphatic rings. The van der Waals surface area contributed by atoms with Gasteiger partial charge < -0.3 is 9.84 Å². The van der Waals surface area contributed by atoms with Gasteiger partial charge in [0.25, 0.3) is 0 Å². The van der Waals surface area contributed by atoms with Gasteiger partial charge in [-0.2, -0.15) is 0 Å². The zero-order valence-corrected chi connectivity index (χ0v) is 10.9. The van der Waals surface area contributed by atoms with Gasteiger partial charge in [-0.15, -0.1) is 0 Å². The van der Waals surface area contributed by atoms with E-state index in [1.807, 2.05) is 24.3 Å². The maximum Gasteiger partial charge on any atom is 0.120 e. The quantitative estimate of drug-likeness (QED) is 0.907. The van der Waals surface area contributed by atoms with E-state index in [-0.39, 0.29) is 6.61 Å². The predicted octanol–water partition coefficient (Wildman–Crippen LogP) is 3.25. The van der Waals surface area contributed by atoms with Crippen LogP contribution in [-0.2, 0) is 26.1 Å². The van der Waals surface area contributed by atoms with Crippen molar-refractivity contribution in [3.8, 4) is 5.75 Å². The van der Waals surface area contributed by atoms with Crippen LogP contribution in [0.25, 0.3) is 0 Å². The minimum atomic E-state index is 0.0892. The average Bonchev–Trinajstić information content (AvgIpc) is 2.93. The fraction of sp³-hybridized carbons (Fsp3) is 0.294. The molecule has 0 atom stereocenters. The number of ether oxygens (including phenoxy) is 1. The van der Waals surface area contributed by atoms with Crippen LogP contribution in [0.2, 0.25) is 0 Å². The molecule has 0 saturated carbocycles. The van der Waals surface area contributed by atoms with E-state index in [4.69, 9.17) is 9.84 Å². The molecule has 2 nitrogen and oxygen atoms in total. The summed E-state index contributed by atoms with van der Waals surface area (Å²) in [4.78, 5) is 0. The Bertz CT molecular complexity index is 558. The zero-order valence-electron chi connectivity index (χ0n) is 10.9. The van der Waals surface area contributed by atoms with Crippen LogP contribution in [0.4, 0.5) is 0 Å². The summed E-state index contributed by atoms with van der Waals surface area (Å²) in [6.45, 7) is 0.663. The second-order valence-corrected chi connectivity index (χ2v) is 5.05. The van der Waals surface area contributed by atoms with Crippen molar-refractivity contribution in [2.24, 2.45) is 0 Å². The molecule has 0 aliphatic heterocycles. The summed E-state index contributed by atoms with van der Waals surface area (Å²) in [7, 11) is 0. The summed E-state index contributed by atoms with van der Waals surface area (Å²) in [5, 5.41) is 8.99. The maximum absolute atomic E-state index is 8.99. The van der Waals surface area contributed by atoms with Gasteiger partial charge in [0.2, 0.25) is 0 Å². The van der Waals surface area contributed by atoms with E-state index in [1.54, 1.807) is 0 Å². The van der Waals surface area contributed by atoms with Gasteiger partial charge in [-0.25, -0.2) is 0 Å². The Balaban J connectivity index is 1.65. The Kier molecular flexibility index (Phi) is 3.51. The maximum atomic E-state index is 8.99. The molecule has 0 bridgehead atoms. The van der Waals surface area contributed by atoms with Crippen LogP contribution in [0.1, 0.15) is 28.7 Å². The molecule has 3 rings (SSSR count). The summed E-state index contributed by atoms with van der Waals surface area (Å²) in [6.07, 6.45) is 3.65. The van der Waals surface area contributed by atoms with Crippen molar-refractivity contribution in [2.75, 3.05) is 0 Å². The summed E-state index contributed by atoms with van der Waals surface area (Å²) < 4.78 is 5.83. The van der Waals surface area contributed by atoms with E-state index in [0.29, 0.717) is 6.61 Å². The van der Waals surface area contributed by atoms with E-state index in [0.717, 1.165) is 16.9 Å². The molecule has 2 aromatic rings. The van der Waals surface area contributed by atoms with E-state index in [2.05, 4.69) is 18.2 Å². The van der Waals surface area contributed by atoms with Crippen LogP contribution in [0.5, 0.6) is 5.75 Å². The lowest BCUT2D eigenvalue weighted by molar-refractivity contribution is 0.281. The lowest BCUT2D eigenvalue weighted by Gasteiger charge is -2.08. The highest BCUT2D eigenvalue weighted by Crippen LogP contribution is 2.26. The first kappa shape index (κ1) is 12.2. The van der Waals surface area contributed by atoms with Crippen LogP contribution in [0.3, 0.4) is 0 Å². The molecule has 0 radical (unpaired) electrons. The number of fused-ring (bicyclic) bond motifs is 1. The second kappa shape index (κ2) is 5.45. The van der Waals surface area contributed by atoms with Gasteiger partial charge in [0.15, 0.2) is 0 Å². The monoisotopic (exact) mass is 254 g/mol. The minimum Gasteiger partial charge on any atom is -0.489 e. The molecule has 1 N–H and O–H groups in total. The highest BCUT2D eigenvalue weighted by molar-refractivity contribution is 5.38. The Morgan fingerprint density at radius 3 is 2.42 bits per heavy atom. The molecule has 0 aromatic heterocycles. The molecule has 1 aliphatic carbocycles. The predicted molar refractivity (Wildman–Crippen MR) is 75.2 cm³/mol. The van der Waals surface area contributed by atoms with Gasteiger partial charge in [-0.3, -0.25) is 0 Å². The zero-order chi connectivity index (χ0) is 13.1. The van der Waals surface area contributed by atoms with Crippen LogP contribution in [-0.4, -0.2) is 5.11 Å². The molecule has 0 spiro atoms. The van der Waals surface area contributed by atoms with Crippen LogP contribution in [0, 0.1) is 0 Å². The van der Waals surface area contributed by atoms with Gasteiger partial charge >= 0.3 is 0 Å². The molecule has 0 unspecified atom stereocenters. The number of hydrogen-bond acceptors (Lipinski definition) is 2. The highest BCUT2D eigenvalue weighted by atomic mass is 16.5. The number of aryl methyl sites for hydroxylation is 2. The lowest BCUT2D eigenvalue weighted by atomic mass is 10.1. The third-order valence-electron chi connectivity index (χ3n) is 3.68. The fourth-order valence-electron chi connectivity index (χ4n) is 2.55. The molecule has 19 heavy (non-hydrogen) atoms. The summed E-state index contributed by atoms with van der Waals surface area (Å²) in [5.41, 5.74) is 4.96. The largest absolute Gasteiger partial charge is 0.489 e. The van der Waals surface area contributed by atoms with Crippen molar-refractivity contribution in [1.29, 1.82) is 0 Å². The summed E-state index contributed by atoms with van der Waals surface area (Å²) in [6, 6.07) is 14.3. The Morgan fingerprint density at radius 2 is 1.63 bits per heavy atom. The molecule has 0 amide bonds. The van der Waals surface area contributed by atoms with E-state index in [1.165, 1.54) is 30.4 Å². The molecular formula is C17H18O2. The number of aliphatic hydroxyl groups is 1. The van der Waals surface area contributed by atoms with Gasteiger partial charge in [0.05, 0.1) is 6.61 Å². The minimum absolute atomic E-state index is 0.0892. The number of rotatable bonds is 4. The molecular weight excluding hydrogens is 236 g/mol. The standard InChI is InChI=1S/C17H18O2/c18-11-13-4-6-14(7-5-13)12-19-17-9-8-15-2-1-3-16(15)10-17/h4-10,18H,1-3,11-12H2. The molecule has 0 heterocycles. The van der Waals surface area contributed by atoms with Gasteiger partial charge in [-0.1, -0.05) is 30.3 Å². The van der Waals surface area contributed by atoms with Crippen LogP contribution < -0.4 is 4.74 Å². The van der Waals surface area contributed by atoms with E-state index < -0.39 is 0 Å². The van der Waals surface area contributed by atoms with Crippen molar-refractivity contribution < 1.29 is 9.84 Å². The lowest BCUT2D eigenvalue weighted by Crippen LogP contribution is -1.96. The van der Waals surface area contributed by atoms with Gasteiger partial charge in [-0.05, 0) is 53.6 Å². The van der Waals surface area contributed by atoms with E-state index in [9.17, 15) is 0 Å². The molecule has 0 fully saturated rings. The Hall–Kier alpha value is -1.80. The molecule has 0 saturated heterocycles. The number of aliphatic hydroxyl groups excluding tert-OH is 1. The Labute approximate surface area is 113 Å².